The van der Waals surface area contributed by atoms with E-state index in [1.54, 1.807) is 17.0 Å². The third-order valence-electron chi connectivity index (χ3n) is 4.57. The van der Waals surface area contributed by atoms with Gasteiger partial charge in [-0.3, -0.25) is 14.9 Å². The summed E-state index contributed by atoms with van der Waals surface area (Å²) in [6.07, 6.45) is 1.05. The van der Waals surface area contributed by atoms with Gasteiger partial charge in [0.05, 0.1) is 14.8 Å². The minimum absolute atomic E-state index is 0.0296. The lowest BCUT2D eigenvalue weighted by Crippen LogP contribution is -2.48. The molecule has 1 aliphatic rings. The van der Waals surface area contributed by atoms with E-state index in [-0.39, 0.29) is 27.1 Å². The van der Waals surface area contributed by atoms with E-state index in [9.17, 15) is 23.3 Å². The number of anilines is 1. The maximum Gasteiger partial charge on any atom is 0.269 e. The fraction of sp³-hybridized carbons (Fsp3) is 0.278. The molecule has 0 aromatic heterocycles. The van der Waals surface area contributed by atoms with Gasteiger partial charge in [0.25, 0.3) is 11.6 Å². The molecule has 0 saturated carbocycles. The molecule has 2 aromatic carbocycles. The largest absolute Gasteiger partial charge is 0.368 e. The van der Waals surface area contributed by atoms with Crippen LogP contribution in [0.5, 0.6) is 0 Å². The van der Waals surface area contributed by atoms with Gasteiger partial charge in [0.15, 0.2) is 9.84 Å². The summed E-state index contributed by atoms with van der Waals surface area (Å²) < 4.78 is 23.6. The zero-order valence-electron chi connectivity index (χ0n) is 15.0. The van der Waals surface area contributed by atoms with Crippen molar-refractivity contribution >= 4 is 38.7 Å². The normalized spacial score (nSPS) is 14.8. The van der Waals surface area contributed by atoms with Crippen LogP contribution in [-0.4, -0.2) is 56.6 Å². The van der Waals surface area contributed by atoms with Crippen LogP contribution in [0.2, 0.25) is 5.02 Å². The second-order valence-corrected chi connectivity index (χ2v) is 8.86. The first-order chi connectivity index (χ1) is 13.2. The van der Waals surface area contributed by atoms with Gasteiger partial charge in [-0.15, -0.1) is 0 Å². The minimum Gasteiger partial charge on any atom is -0.368 e. The van der Waals surface area contributed by atoms with Gasteiger partial charge in [-0.25, -0.2) is 8.42 Å². The maximum absolute atomic E-state index is 12.7. The third kappa shape index (κ3) is 4.26. The first-order valence-electron chi connectivity index (χ1n) is 8.45. The minimum atomic E-state index is -3.53. The van der Waals surface area contributed by atoms with Crippen molar-refractivity contribution in [2.24, 2.45) is 0 Å². The standard InChI is InChI=1S/C18H18ClN3O5S/c1-28(26,27)17-12-13(2-7-16(17)19)18(23)21-10-8-20(9-11-21)14-3-5-15(6-4-14)22(24)25/h2-7,12H,8-11H2,1H3. The second kappa shape index (κ2) is 7.76. The summed E-state index contributed by atoms with van der Waals surface area (Å²) in [5, 5.41) is 10.8. The number of rotatable bonds is 4. The van der Waals surface area contributed by atoms with E-state index in [0.29, 0.717) is 26.2 Å². The number of benzene rings is 2. The van der Waals surface area contributed by atoms with Crippen LogP contribution in [-0.2, 0) is 9.84 Å². The molecule has 148 valence electrons. The Bertz CT molecular complexity index is 1020. The molecular weight excluding hydrogens is 406 g/mol. The van der Waals surface area contributed by atoms with E-state index < -0.39 is 14.8 Å². The molecule has 28 heavy (non-hydrogen) atoms. The number of carbonyl (C=O) groups is 1. The zero-order chi connectivity index (χ0) is 20.5. The number of nitro groups is 1. The van der Waals surface area contributed by atoms with Gasteiger partial charge in [-0.2, -0.15) is 0 Å². The molecule has 0 spiro atoms. The van der Waals surface area contributed by atoms with E-state index in [2.05, 4.69) is 0 Å². The summed E-state index contributed by atoms with van der Waals surface area (Å²) in [6.45, 7) is 2.03. The van der Waals surface area contributed by atoms with Crippen LogP contribution in [0.25, 0.3) is 0 Å². The zero-order valence-corrected chi connectivity index (χ0v) is 16.6. The van der Waals surface area contributed by atoms with Gasteiger partial charge in [0, 0.05) is 55.8 Å². The summed E-state index contributed by atoms with van der Waals surface area (Å²) in [5.41, 5.74) is 1.15. The predicted octanol–water partition coefficient (Wildman–Crippen LogP) is 2.61. The van der Waals surface area contributed by atoms with E-state index in [1.165, 1.54) is 30.3 Å². The van der Waals surface area contributed by atoms with Crippen molar-refractivity contribution in [1.29, 1.82) is 0 Å². The number of amides is 1. The number of hydrogen-bond acceptors (Lipinski definition) is 6. The summed E-state index contributed by atoms with van der Waals surface area (Å²) >= 11 is 5.94. The van der Waals surface area contributed by atoms with E-state index >= 15 is 0 Å². The highest BCUT2D eigenvalue weighted by Gasteiger charge is 2.24. The molecule has 10 heteroatoms. The van der Waals surface area contributed by atoms with Gasteiger partial charge in [0.2, 0.25) is 0 Å². The Morgan fingerprint density at radius 1 is 1.07 bits per heavy atom. The molecule has 2 aromatic rings. The van der Waals surface area contributed by atoms with Gasteiger partial charge in [0.1, 0.15) is 0 Å². The van der Waals surface area contributed by atoms with Crippen molar-refractivity contribution in [2.75, 3.05) is 37.3 Å². The Labute approximate surface area is 167 Å². The molecule has 1 amide bonds. The van der Waals surface area contributed by atoms with Crippen LogP contribution in [0.15, 0.2) is 47.4 Å². The summed E-state index contributed by atoms with van der Waals surface area (Å²) in [4.78, 5) is 26.7. The van der Waals surface area contributed by atoms with Crippen LogP contribution in [0.3, 0.4) is 0 Å². The van der Waals surface area contributed by atoms with Crippen LogP contribution in [0.4, 0.5) is 11.4 Å². The molecule has 0 bridgehead atoms. The van der Waals surface area contributed by atoms with Crippen molar-refractivity contribution in [1.82, 2.24) is 4.90 Å². The van der Waals surface area contributed by atoms with Crippen LogP contribution in [0, 0.1) is 10.1 Å². The fourth-order valence-corrected chi connectivity index (χ4v) is 4.36. The number of carbonyl (C=O) groups excluding carboxylic acids is 1. The number of nitrogens with zero attached hydrogens (tertiary/aromatic N) is 3. The van der Waals surface area contributed by atoms with Gasteiger partial charge in [-0.1, -0.05) is 11.6 Å². The highest BCUT2D eigenvalue weighted by atomic mass is 35.5. The monoisotopic (exact) mass is 423 g/mol. The average molecular weight is 424 g/mol. The lowest BCUT2D eigenvalue weighted by atomic mass is 10.1. The number of nitro benzene ring substituents is 1. The molecule has 1 fully saturated rings. The van der Waals surface area contributed by atoms with E-state index in [1.807, 2.05) is 4.90 Å². The Hall–Kier alpha value is -2.65. The first kappa shape index (κ1) is 20.1. The molecular formula is C18H18ClN3O5S. The number of sulfone groups is 1. The number of halogens is 1. The summed E-state index contributed by atoms with van der Waals surface area (Å²) in [7, 11) is -3.53. The Balaban J connectivity index is 1.69. The average Bonchev–Trinajstić information content (AvgIpc) is 2.67. The highest BCUT2D eigenvalue weighted by molar-refractivity contribution is 7.90. The van der Waals surface area contributed by atoms with Crippen molar-refractivity contribution < 1.29 is 18.1 Å². The van der Waals surface area contributed by atoms with Gasteiger partial charge >= 0.3 is 0 Å². The fourth-order valence-electron chi connectivity index (χ4n) is 3.06. The first-order valence-corrected chi connectivity index (χ1v) is 10.7. The molecule has 1 aliphatic heterocycles. The lowest BCUT2D eigenvalue weighted by molar-refractivity contribution is -0.384. The quantitative estimate of drug-likeness (QED) is 0.553. The van der Waals surface area contributed by atoms with Gasteiger partial charge < -0.3 is 9.80 Å². The number of piperazine rings is 1. The van der Waals surface area contributed by atoms with Crippen molar-refractivity contribution in [2.45, 2.75) is 4.90 Å². The van der Waals surface area contributed by atoms with Gasteiger partial charge in [-0.05, 0) is 30.3 Å². The SMILES string of the molecule is CS(=O)(=O)c1cc(C(=O)N2CCN(c3ccc([N+](=O)[O-])cc3)CC2)ccc1Cl. The third-order valence-corrected chi connectivity index (χ3v) is 6.15. The van der Waals surface area contributed by atoms with E-state index in [0.717, 1.165) is 11.9 Å². The Kier molecular flexibility index (Phi) is 5.57. The maximum atomic E-state index is 12.7. The second-order valence-electron chi connectivity index (χ2n) is 6.47. The molecule has 1 saturated heterocycles. The summed E-state index contributed by atoms with van der Waals surface area (Å²) in [6, 6.07) is 10.5. The number of non-ortho nitro benzene ring substituents is 1. The predicted molar refractivity (Wildman–Crippen MR) is 106 cm³/mol. The molecule has 0 N–H and O–H groups in total. The molecule has 0 aliphatic carbocycles. The molecule has 3 rings (SSSR count). The topological polar surface area (TPSA) is 101 Å². The van der Waals surface area contributed by atoms with Crippen LogP contribution in [0.1, 0.15) is 10.4 Å². The molecule has 1 heterocycles. The van der Waals surface area contributed by atoms with Crippen molar-refractivity contribution in [3.63, 3.8) is 0 Å². The van der Waals surface area contributed by atoms with Crippen LogP contribution >= 0.6 is 11.6 Å². The summed E-state index contributed by atoms with van der Waals surface area (Å²) in [5.74, 6) is -0.259. The lowest BCUT2D eigenvalue weighted by Gasteiger charge is -2.36. The van der Waals surface area contributed by atoms with Crippen molar-refractivity contribution in [3.8, 4) is 0 Å². The Morgan fingerprint density at radius 2 is 1.68 bits per heavy atom. The highest BCUT2D eigenvalue weighted by Crippen LogP contribution is 2.24. The Morgan fingerprint density at radius 3 is 2.21 bits per heavy atom. The van der Waals surface area contributed by atoms with E-state index in [4.69, 9.17) is 11.6 Å². The molecule has 8 nitrogen and oxygen atoms in total. The molecule has 0 unspecified atom stereocenters. The van der Waals surface area contributed by atoms with Crippen molar-refractivity contribution in [3.05, 3.63) is 63.2 Å². The molecule has 0 radical (unpaired) electrons. The number of hydrogen-bond donors (Lipinski definition) is 0. The van der Waals surface area contributed by atoms with Crippen LogP contribution < -0.4 is 4.90 Å². The molecule has 0 atom stereocenters. The smallest absolute Gasteiger partial charge is 0.269 e.